The number of carbonyl (C=O) groups is 2. The standard InChI is InChI=1S/C11H14N2O4/c1-2-7-17-9-5-3-8(4-6-9)12-10(14)11(15)13-16/h3-6,16H,2,7H2,1H3,(H,12,14)(H,13,15). The van der Waals surface area contributed by atoms with Gasteiger partial charge in [0.1, 0.15) is 5.75 Å². The van der Waals surface area contributed by atoms with Gasteiger partial charge in [0.25, 0.3) is 0 Å². The summed E-state index contributed by atoms with van der Waals surface area (Å²) >= 11 is 0. The molecule has 3 N–H and O–H groups in total. The first-order chi connectivity index (χ1) is 8.17. The van der Waals surface area contributed by atoms with Crippen LogP contribution >= 0.6 is 0 Å². The first kappa shape index (κ1) is 13.0. The van der Waals surface area contributed by atoms with Crippen molar-refractivity contribution in [2.24, 2.45) is 0 Å². The maximum atomic E-state index is 11.1. The molecule has 0 spiro atoms. The van der Waals surface area contributed by atoms with Crippen LogP contribution < -0.4 is 15.5 Å². The molecular formula is C11H14N2O4. The third kappa shape index (κ3) is 4.12. The fraction of sp³-hybridized carbons (Fsp3) is 0.273. The summed E-state index contributed by atoms with van der Waals surface area (Å²) in [6, 6.07) is 6.57. The van der Waals surface area contributed by atoms with Crippen LogP contribution in [0.2, 0.25) is 0 Å². The zero-order chi connectivity index (χ0) is 12.7. The quantitative estimate of drug-likeness (QED) is 0.413. The number of hydrogen-bond acceptors (Lipinski definition) is 4. The van der Waals surface area contributed by atoms with E-state index in [4.69, 9.17) is 9.94 Å². The van der Waals surface area contributed by atoms with Crippen molar-refractivity contribution in [3.63, 3.8) is 0 Å². The van der Waals surface area contributed by atoms with Gasteiger partial charge in [-0.3, -0.25) is 14.8 Å². The number of anilines is 1. The Bertz CT molecular complexity index is 389. The van der Waals surface area contributed by atoms with Crippen molar-refractivity contribution >= 4 is 17.5 Å². The maximum absolute atomic E-state index is 11.1. The second kappa shape index (κ2) is 6.49. The molecule has 1 aromatic rings. The Morgan fingerprint density at radius 2 is 1.88 bits per heavy atom. The Labute approximate surface area is 98.5 Å². The first-order valence-corrected chi connectivity index (χ1v) is 5.15. The van der Waals surface area contributed by atoms with Crippen molar-refractivity contribution < 1.29 is 19.5 Å². The summed E-state index contributed by atoms with van der Waals surface area (Å²) in [6.07, 6.45) is 0.912. The van der Waals surface area contributed by atoms with E-state index < -0.39 is 11.8 Å². The minimum absolute atomic E-state index is 0.447. The van der Waals surface area contributed by atoms with Gasteiger partial charge in [-0.2, -0.15) is 0 Å². The Balaban J connectivity index is 2.56. The van der Waals surface area contributed by atoms with Crippen LogP contribution in [0.15, 0.2) is 24.3 Å². The average Bonchev–Trinajstić information content (AvgIpc) is 2.37. The highest BCUT2D eigenvalue weighted by Gasteiger charge is 2.11. The molecule has 2 amide bonds. The van der Waals surface area contributed by atoms with Gasteiger partial charge < -0.3 is 10.1 Å². The largest absolute Gasteiger partial charge is 0.494 e. The van der Waals surface area contributed by atoms with Crippen molar-refractivity contribution in [2.75, 3.05) is 11.9 Å². The number of benzene rings is 1. The lowest BCUT2D eigenvalue weighted by Crippen LogP contribution is -2.33. The number of amides is 2. The van der Waals surface area contributed by atoms with Crippen LogP contribution in [0.4, 0.5) is 5.69 Å². The predicted octanol–water partition coefficient (Wildman–Crippen LogP) is 0.919. The molecular weight excluding hydrogens is 224 g/mol. The van der Waals surface area contributed by atoms with Crippen LogP contribution in [0.1, 0.15) is 13.3 Å². The van der Waals surface area contributed by atoms with Crippen LogP contribution in [0, 0.1) is 0 Å². The molecule has 0 radical (unpaired) electrons. The van der Waals surface area contributed by atoms with E-state index in [0.717, 1.165) is 6.42 Å². The summed E-state index contributed by atoms with van der Waals surface area (Å²) in [7, 11) is 0. The Kier molecular flexibility index (Phi) is 4.96. The Hall–Kier alpha value is -2.08. The third-order valence-electron chi connectivity index (χ3n) is 1.89. The van der Waals surface area contributed by atoms with Crippen LogP contribution in [0.3, 0.4) is 0 Å². The predicted molar refractivity (Wildman–Crippen MR) is 60.8 cm³/mol. The summed E-state index contributed by atoms with van der Waals surface area (Å²) in [5.74, 6) is -1.36. The molecule has 0 unspecified atom stereocenters. The van der Waals surface area contributed by atoms with Gasteiger partial charge in [0, 0.05) is 5.69 Å². The van der Waals surface area contributed by atoms with Gasteiger partial charge in [-0.25, -0.2) is 5.48 Å². The van der Waals surface area contributed by atoms with Gasteiger partial charge in [0.15, 0.2) is 0 Å². The van der Waals surface area contributed by atoms with E-state index >= 15 is 0 Å². The minimum Gasteiger partial charge on any atom is -0.494 e. The smallest absolute Gasteiger partial charge is 0.332 e. The SMILES string of the molecule is CCCOc1ccc(NC(=O)C(=O)NO)cc1. The monoisotopic (exact) mass is 238 g/mol. The summed E-state index contributed by atoms with van der Waals surface area (Å²) in [5, 5.41) is 10.6. The lowest BCUT2D eigenvalue weighted by atomic mass is 10.3. The molecule has 0 saturated heterocycles. The van der Waals surface area contributed by atoms with Gasteiger partial charge in [-0.05, 0) is 30.7 Å². The molecule has 6 heteroatoms. The van der Waals surface area contributed by atoms with E-state index in [9.17, 15) is 9.59 Å². The van der Waals surface area contributed by atoms with Crippen LogP contribution in [0.5, 0.6) is 5.75 Å². The van der Waals surface area contributed by atoms with Crippen molar-refractivity contribution in [1.29, 1.82) is 0 Å². The van der Waals surface area contributed by atoms with Crippen LogP contribution in [-0.2, 0) is 9.59 Å². The average molecular weight is 238 g/mol. The van der Waals surface area contributed by atoms with E-state index in [2.05, 4.69) is 5.32 Å². The van der Waals surface area contributed by atoms with E-state index in [1.807, 2.05) is 6.92 Å². The highest BCUT2D eigenvalue weighted by atomic mass is 16.5. The van der Waals surface area contributed by atoms with Gasteiger partial charge in [0.05, 0.1) is 6.61 Å². The highest BCUT2D eigenvalue weighted by molar-refractivity contribution is 6.39. The van der Waals surface area contributed by atoms with Crippen molar-refractivity contribution in [2.45, 2.75) is 13.3 Å². The molecule has 0 fully saturated rings. The van der Waals surface area contributed by atoms with Gasteiger partial charge >= 0.3 is 11.8 Å². The van der Waals surface area contributed by atoms with Crippen molar-refractivity contribution in [3.8, 4) is 5.75 Å². The fourth-order valence-corrected chi connectivity index (χ4v) is 1.09. The number of hydrogen-bond donors (Lipinski definition) is 3. The Morgan fingerprint density at radius 3 is 2.41 bits per heavy atom. The lowest BCUT2D eigenvalue weighted by molar-refractivity contribution is -0.141. The molecule has 0 saturated carbocycles. The van der Waals surface area contributed by atoms with Gasteiger partial charge in [0.2, 0.25) is 0 Å². The Morgan fingerprint density at radius 1 is 1.24 bits per heavy atom. The summed E-state index contributed by atoms with van der Waals surface area (Å²) in [4.78, 5) is 21.8. The molecule has 0 aromatic heterocycles. The summed E-state index contributed by atoms with van der Waals surface area (Å²) in [6.45, 7) is 2.63. The highest BCUT2D eigenvalue weighted by Crippen LogP contribution is 2.15. The first-order valence-electron chi connectivity index (χ1n) is 5.15. The lowest BCUT2D eigenvalue weighted by Gasteiger charge is -2.06. The molecule has 0 aliphatic rings. The molecule has 0 heterocycles. The molecule has 1 aromatic carbocycles. The molecule has 17 heavy (non-hydrogen) atoms. The summed E-state index contributed by atoms with van der Waals surface area (Å²) in [5.41, 5.74) is 1.70. The molecule has 0 atom stereocenters. The second-order valence-corrected chi connectivity index (χ2v) is 3.27. The minimum atomic E-state index is -1.11. The topological polar surface area (TPSA) is 87.7 Å². The number of rotatable bonds is 4. The molecule has 1 rings (SSSR count). The molecule has 0 bridgehead atoms. The number of hydroxylamine groups is 1. The van der Waals surface area contributed by atoms with Crippen molar-refractivity contribution in [3.05, 3.63) is 24.3 Å². The number of ether oxygens (including phenoxy) is 1. The third-order valence-corrected chi connectivity index (χ3v) is 1.89. The van der Waals surface area contributed by atoms with E-state index in [1.54, 1.807) is 24.3 Å². The van der Waals surface area contributed by atoms with Gasteiger partial charge in [-0.1, -0.05) is 6.92 Å². The van der Waals surface area contributed by atoms with E-state index in [-0.39, 0.29) is 0 Å². The number of carbonyl (C=O) groups excluding carboxylic acids is 2. The number of nitrogens with one attached hydrogen (secondary N) is 2. The molecule has 92 valence electrons. The second-order valence-electron chi connectivity index (χ2n) is 3.27. The molecule has 0 aliphatic heterocycles. The zero-order valence-corrected chi connectivity index (χ0v) is 9.40. The zero-order valence-electron chi connectivity index (χ0n) is 9.40. The normalized spacial score (nSPS) is 9.53. The van der Waals surface area contributed by atoms with E-state index in [0.29, 0.717) is 18.0 Å². The molecule has 6 nitrogen and oxygen atoms in total. The molecule has 0 aliphatic carbocycles. The maximum Gasteiger partial charge on any atom is 0.332 e. The van der Waals surface area contributed by atoms with Gasteiger partial charge in [-0.15, -0.1) is 0 Å². The van der Waals surface area contributed by atoms with Crippen LogP contribution in [-0.4, -0.2) is 23.6 Å². The fourth-order valence-electron chi connectivity index (χ4n) is 1.09. The summed E-state index contributed by atoms with van der Waals surface area (Å²) < 4.78 is 5.35. The van der Waals surface area contributed by atoms with Crippen molar-refractivity contribution in [1.82, 2.24) is 5.48 Å². The van der Waals surface area contributed by atoms with Crippen LogP contribution in [0.25, 0.3) is 0 Å². The van der Waals surface area contributed by atoms with E-state index in [1.165, 1.54) is 5.48 Å².